The van der Waals surface area contributed by atoms with Crippen molar-refractivity contribution < 1.29 is 9.53 Å². The van der Waals surface area contributed by atoms with Crippen LogP contribution in [0.2, 0.25) is 10.0 Å². The lowest BCUT2D eigenvalue weighted by Crippen LogP contribution is -2.32. The van der Waals surface area contributed by atoms with E-state index in [-0.39, 0.29) is 11.0 Å². The number of thiocarbonyl (C=S) groups is 1. The van der Waals surface area contributed by atoms with Crippen LogP contribution in [0, 0.1) is 0 Å². The molecule has 0 saturated carbocycles. The van der Waals surface area contributed by atoms with Gasteiger partial charge >= 0.3 is 0 Å². The van der Waals surface area contributed by atoms with E-state index >= 15 is 0 Å². The smallest absolute Gasteiger partial charge is 0.250 e. The summed E-state index contributed by atoms with van der Waals surface area (Å²) in [6.45, 7) is 0. The molecule has 0 aliphatic heterocycles. The summed E-state index contributed by atoms with van der Waals surface area (Å²) in [6.07, 6.45) is 3.07. The molecule has 0 atom stereocenters. The molecular weight excluding hydrogens is 497 g/mol. The molecular formula is C24H17Cl2N3O2S2. The zero-order chi connectivity index (χ0) is 23.4. The molecule has 166 valence electrons. The first-order valence-corrected chi connectivity index (χ1v) is 11.7. The molecule has 2 N–H and O–H groups in total. The van der Waals surface area contributed by atoms with Crippen LogP contribution in [-0.2, 0) is 4.79 Å². The quantitative estimate of drug-likeness (QED) is 0.226. The Balaban J connectivity index is 1.46. The monoisotopic (exact) mass is 513 g/mol. The van der Waals surface area contributed by atoms with Crippen LogP contribution >= 0.6 is 46.8 Å². The van der Waals surface area contributed by atoms with Gasteiger partial charge in [-0.15, -0.1) is 11.3 Å². The summed E-state index contributed by atoms with van der Waals surface area (Å²) in [5.74, 6) is 0.367. The zero-order valence-electron chi connectivity index (χ0n) is 17.3. The summed E-state index contributed by atoms with van der Waals surface area (Å²) in [4.78, 5) is 16.9. The van der Waals surface area contributed by atoms with Crippen LogP contribution in [0.3, 0.4) is 0 Å². The Morgan fingerprint density at radius 3 is 2.58 bits per heavy atom. The minimum Gasteiger partial charge on any atom is -0.497 e. The molecule has 0 unspecified atom stereocenters. The Kier molecular flexibility index (Phi) is 7.25. The van der Waals surface area contributed by atoms with Gasteiger partial charge in [0.25, 0.3) is 0 Å². The van der Waals surface area contributed by atoms with Gasteiger partial charge in [0.2, 0.25) is 5.91 Å². The van der Waals surface area contributed by atoms with Gasteiger partial charge in [0.15, 0.2) is 5.11 Å². The Morgan fingerprint density at radius 1 is 1.09 bits per heavy atom. The topological polar surface area (TPSA) is 63.2 Å². The predicted molar refractivity (Wildman–Crippen MR) is 141 cm³/mol. The summed E-state index contributed by atoms with van der Waals surface area (Å²) < 4.78 is 6.18. The van der Waals surface area contributed by atoms with Crippen molar-refractivity contribution in [1.82, 2.24) is 10.3 Å². The number of thiazole rings is 1. The maximum Gasteiger partial charge on any atom is 0.250 e. The summed E-state index contributed by atoms with van der Waals surface area (Å²) in [5, 5.41) is 7.29. The lowest BCUT2D eigenvalue weighted by molar-refractivity contribution is -0.115. The van der Waals surface area contributed by atoms with Gasteiger partial charge in [0.1, 0.15) is 10.8 Å². The summed E-state index contributed by atoms with van der Waals surface area (Å²) >= 11 is 19.6. The van der Waals surface area contributed by atoms with E-state index in [1.54, 1.807) is 25.3 Å². The van der Waals surface area contributed by atoms with Crippen molar-refractivity contribution in [2.45, 2.75) is 0 Å². The molecule has 4 aromatic rings. The van der Waals surface area contributed by atoms with Crippen molar-refractivity contribution in [3.05, 3.63) is 82.3 Å². The third-order valence-corrected chi connectivity index (χ3v) is 6.51. The van der Waals surface area contributed by atoms with E-state index in [0.29, 0.717) is 15.7 Å². The number of halogens is 2. The number of ether oxygens (including phenoxy) is 1. The van der Waals surface area contributed by atoms with Crippen molar-refractivity contribution in [2.24, 2.45) is 0 Å². The van der Waals surface area contributed by atoms with Gasteiger partial charge < -0.3 is 10.1 Å². The number of nitrogens with one attached hydrogen (secondary N) is 2. The molecule has 0 spiro atoms. The Bertz CT molecular complexity index is 1340. The number of amides is 1. The van der Waals surface area contributed by atoms with Crippen LogP contribution in [0.1, 0.15) is 5.56 Å². The summed E-state index contributed by atoms with van der Waals surface area (Å²) in [6, 6.07) is 18.6. The van der Waals surface area contributed by atoms with Crippen LogP contribution in [0.15, 0.2) is 66.7 Å². The molecule has 0 aliphatic rings. The molecule has 4 rings (SSSR count). The first-order chi connectivity index (χ1) is 15.9. The standard InChI is InChI=1S/C24H17Cl2N3O2S2/c1-31-15-9-6-14(7-10-15)8-11-22(30)29-24(32)28-20-12-16(17(25)13-18(20)26)23-27-19-4-2-3-5-21(19)33-23/h2-13H,1H3,(H2,28,29,30,32). The number of carbonyl (C=O) groups is 1. The molecule has 3 aromatic carbocycles. The van der Waals surface area contributed by atoms with Crippen LogP contribution in [0.25, 0.3) is 26.9 Å². The van der Waals surface area contributed by atoms with Crippen molar-refractivity contribution in [3.8, 4) is 16.3 Å². The number of rotatable bonds is 5. The second-order valence-electron chi connectivity index (χ2n) is 6.85. The van der Waals surface area contributed by atoms with Crippen LogP contribution in [0.4, 0.5) is 5.69 Å². The lowest BCUT2D eigenvalue weighted by atomic mass is 10.2. The largest absolute Gasteiger partial charge is 0.497 e. The van der Waals surface area contributed by atoms with Crippen molar-refractivity contribution in [1.29, 1.82) is 0 Å². The highest BCUT2D eigenvalue weighted by atomic mass is 35.5. The highest BCUT2D eigenvalue weighted by Gasteiger charge is 2.14. The molecule has 0 radical (unpaired) electrons. The van der Waals surface area contributed by atoms with Gasteiger partial charge in [-0.25, -0.2) is 4.98 Å². The van der Waals surface area contributed by atoms with E-state index in [1.807, 2.05) is 48.5 Å². The van der Waals surface area contributed by atoms with E-state index in [4.69, 9.17) is 40.2 Å². The van der Waals surface area contributed by atoms with Gasteiger partial charge in [0, 0.05) is 11.6 Å². The van der Waals surface area contributed by atoms with E-state index in [1.165, 1.54) is 17.4 Å². The van der Waals surface area contributed by atoms with Gasteiger partial charge in [-0.3, -0.25) is 10.1 Å². The number of nitrogens with zero attached hydrogens (tertiary/aromatic N) is 1. The molecule has 1 amide bonds. The number of anilines is 1. The van der Waals surface area contributed by atoms with Crippen molar-refractivity contribution in [3.63, 3.8) is 0 Å². The average Bonchev–Trinajstić information content (AvgIpc) is 3.23. The Morgan fingerprint density at radius 2 is 1.85 bits per heavy atom. The maximum atomic E-state index is 12.3. The number of aromatic nitrogens is 1. The number of benzene rings is 3. The minimum atomic E-state index is -0.375. The number of methoxy groups -OCH3 is 1. The molecule has 0 saturated heterocycles. The molecule has 1 aromatic heterocycles. The van der Waals surface area contributed by atoms with Crippen molar-refractivity contribution >= 4 is 79.8 Å². The van der Waals surface area contributed by atoms with Gasteiger partial charge in [-0.1, -0.05) is 47.5 Å². The Labute approximate surface area is 210 Å². The third-order valence-electron chi connectivity index (χ3n) is 4.61. The van der Waals surface area contributed by atoms with Gasteiger partial charge in [0.05, 0.1) is 33.1 Å². The highest BCUT2D eigenvalue weighted by Crippen LogP contribution is 2.38. The highest BCUT2D eigenvalue weighted by molar-refractivity contribution is 7.80. The third kappa shape index (κ3) is 5.69. The van der Waals surface area contributed by atoms with Gasteiger partial charge in [-0.05, 0) is 60.3 Å². The fourth-order valence-corrected chi connectivity index (χ4v) is 4.77. The van der Waals surface area contributed by atoms with Crippen LogP contribution in [-0.4, -0.2) is 23.1 Å². The maximum absolute atomic E-state index is 12.3. The first kappa shape index (κ1) is 23.2. The zero-order valence-corrected chi connectivity index (χ0v) is 20.4. The summed E-state index contributed by atoms with van der Waals surface area (Å²) in [5.41, 5.74) is 2.98. The lowest BCUT2D eigenvalue weighted by Gasteiger charge is -2.12. The van der Waals surface area contributed by atoms with Crippen molar-refractivity contribution in [2.75, 3.05) is 12.4 Å². The first-order valence-electron chi connectivity index (χ1n) is 9.72. The number of carbonyl (C=O) groups excluding carboxylic acids is 1. The fraction of sp³-hybridized carbons (Fsp3) is 0.0417. The molecule has 0 aliphatic carbocycles. The summed E-state index contributed by atoms with van der Waals surface area (Å²) in [7, 11) is 1.60. The molecule has 5 nitrogen and oxygen atoms in total. The number of hydrogen-bond acceptors (Lipinski definition) is 5. The second kappa shape index (κ2) is 10.3. The van der Waals surface area contributed by atoms with Crippen LogP contribution < -0.4 is 15.4 Å². The van der Waals surface area contributed by atoms with E-state index in [2.05, 4.69) is 15.6 Å². The van der Waals surface area contributed by atoms with E-state index < -0.39 is 0 Å². The second-order valence-corrected chi connectivity index (χ2v) is 9.10. The predicted octanol–water partition coefficient (Wildman–Crippen LogP) is 6.81. The minimum absolute atomic E-state index is 0.110. The van der Waals surface area contributed by atoms with Crippen LogP contribution in [0.5, 0.6) is 5.75 Å². The SMILES string of the molecule is COc1ccc(C=CC(=O)NC(=S)Nc2cc(-c3nc4ccccc4s3)c(Cl)cc2Cl)cc1. The van der Waals surface area contributed by atoms with E-state index in [0.717, 1.165) is 32.1 Å². The molecule has 0 bridgehead atoms. The number of para-hydroxylation sites is 1. The van der Waals surface area contributed by atoms with Gasteiger partial charge in [-0.2, -0.15) is 0 Å². The normalized spacial score (nSPS) is 11.0. The number of fused-ring (bicyclic) bond motifs is 1. The Hall–Kier alpha value is -2.97. The molecule has 0 fully saturated rings. The fourth-order valence-electron chi connectivity index (χ4n) is 2.99. The number of hydrogen-bond donors (Lipinski definition) is 2. The molecule has 9 heteroatoms. The average molecular weight is 514 g/mol. The molecule has 1 heterocycles. The van der Waals surface area contributed by atoms with E-state index in [9.17, 15) is 4.79 Å². The molecule has 33 heavy (non-hydrogen) atoms.